The standard InChI is InChI=1S/C26H28BrN5O/c1-17-29-24(21-9-5-6-10-23(21)27)14-25(30-17)22-16-32-12-11-18(22)13-20(32)15-28-26(33)31-19-7-3-2-4-8-19/h2-10,14,18,20,22H,11-13,15-16H2,1H3,(H2,28,31,33)/t18-,20+,22+/m0/s1. The van der Waals surface area contributed by atoms with E-state index in [9.17, 15) is 4.79 Å². The van der Waals surface area contributed by atoms with E-state index in [1.807, 2.05) is 55.5 Å². The van der Waals surface area contributed by atoms with Gasteiger partial charge in [0.15, 0.2) is 0 Å². The van der Waals surface area contributed by atoms with Gasteiger partial charge >= 0.3 is 6.03 Å². The van der Waals surface area contributed by atoms with E-state index in [-0.39, 0.29) is 6.03 Å². The Hall–Kier alpha value is -2.77. The highest BCUT2D eigenvalue weighted by atomic mass is 79.9. The number of nitrogens with zero attached hydrogens (tertiary/aromatic N) is 3. The van der Waals surface area contributed by atoms with E-state index >= 15 is 0 Å². The molecule has 33 heavy (non-hydrogen) atoms. The second kappa shape index (κ2) is 9.61. The van der Waals surface area contributed by atoms with Crippen molar-refractivity contribution in [2.45, 2.75) is 31.7 Å². The lowest BCUT2D eigenvalue weighted by atomic mass is 9.74. The van der Waals surface area contributed by atoms with Gasteiger partial charge < -0.3 is 10.6 Å². The van der Waals surface area contributed by atoms with E-state index in [0.29, 0.717) is 24.4 Å². The van der Waals surface area contributed by atoms with E-state index in [1.165, 1.54) is 6.42 Å². The molecule has 2 N–H and O–H groups in total. The molecule has 2 bridgehead atoms. The molecule has 1 unspecified atom stereocenters. The molecule has 7 heteroatoms. The Morgan fingerprint density at radius 1 is 1.12 bits per heavy atom. The predicted molar refractivity (Wildman–Crippen MR) is 134 cm³/mol. The number of fused-ring (bicyclic) bond motifs is 3. The molecule has 6 rings (SSSR count). The molecule has 3 aliphatic rings. The first-order chi connectivity index (χ1) is 16.1. The molecule has 0 aliphatic carbocycles. The molecule has 170 valence electrons. The molecule has 3 aromatic rings. The molecule has 2 aromatic carbocycles. The highest BCUT2D eigenvalue weighted by Crippen LogP contribution is 2.42. The second-order valence-corrected chi connectivity index (χ2v) is 9.80. The topological polar surface area (TPSA) is 70.2 Å². The van der Waals surface area contributed by atoms with Gasteiger partial charge in [0.25, 0.3) is 0 Å². The lowest BCUT2D eigenvalue weighted by Gasteiger charge is -2.49. The van der Waals surface area contributed by atoms with Gasteiger partial charge in [-0.25, -0.2) is 14.8 Å². The summed E-state index contributed by atoms with van der Waals surface area (Å²) in [6, 6.07) is 20.1. The van der Waals surface area contributed by atoms with Crippen molar-refractivity contribution in [3.63, 3.8) is 0 Å². The Morgan fingerprint density at radius 2 is 1.91 bits per heavy atom. The van der Waals surface area contributed by atoms with Crippen molar-refractivity contribution < 1.29 is 4.79 Å². The second-order valence-electron chi connectivity index (χ2n) is 8.95. The molecule has 1 aromatic heterocycles. The lowest BCUT2D eigenvalue weighted by Crippen LogP contribution is -2.56. The van der Waals surface area contributed by atoms with Crippen LogP contribution in [0, 0.1) is 12.8 Å². The van der Waals surface area contributed by atoms with Crippen molar-refractivity contribution in [2.75, 3.05) is 25.0 Å². The average Bonchev–Trinajstić information content (AvgIpc) is 2.83. The van der Waals surface area contributed by atoms with E-state index in [1.54, 1.807) is 0 Å². The Bertz CT molecular complexity index is 1140. The fraction of sp³-hybridized carbons (Fsp3) is 0.346. The molecular formula is C26H28BrN5O. The number of aromatic nitrogens is 2. The van der Waals surface area contributed by atoms with Crippen molar-refractivity contribution in [1.29, 1.82) is 0 Å². The number of amides is 2. The molecule has 0 radical (unpaired) electrons. The third-order valence-corrected chi connectivity index (χ3v) is 7.49. The van der Waals surface area contributed by atoms with Crippen LogP contribution < -0.4 is 10.6 Å². The van der Waals surface area contributed by atoms with Crippen molar-refractivity contribution in [3.8, 4) is 11.3 Å². The number of nitrogens with one attached hydrogen (secondary N) is 2. The summed E-state index contributed by atoms with van der Waals surface area (Å²) in [5, 5.41) is 5.97. The quantitative estimate of drug-likeness (QED) is 0.498. The summed E-state index contributed by atoms with van der Waals surface area (Å²) in [4.78, 5) is 24.4. The van der Waals surface area contributed by atoms with Gasteiger partial charge in [0.05, 0.1) is 5.69 Å². The van der Waals surface area contributed by atoms with Gasteiger partial charge in [-0.15, -0.1) is 0 Å². The normalized spacial score (nSPS) is 23.8. The number of aryl methyl sites for hydroxylation is 1. The maximum Gasteiger partial charge on any atom is 0.319 e. The summed E-state index contributed by atoms with van der Waals surface area (Å²) >= 11 is 3.66. The Labute approximate surface area is 203 Å². The number of rotatable bonds is 5. The summed E-state index contributed by atoms with van der Waals surface area (Å²) in [5.41, 5.74) is 4.01. The number of halogens is 1. The van der Waals surface area contributed by atoms with Crippen molar-refractivity contribution in [1.82, 2.24) is 20.2 Å². The predicted octanol–water partition coefficient (Wildman–Crippen LogP) is 5.21. The summed E-state index contributed by atoms with van der Waals surface area (Å²) in [5.74, 6) is 1.78. The van der Waals surface area contributed by atoms with Gasteiger partial charge in [-0.1, -0.05) is 52.3 Å². The Morgan fingerprint density at radius 3 is 2.67 bits per heavy atom. The van der Waals surface area contributed by atoms with Gasteiger partial charge in [-0.2, -0.15) is 0 Å². The first kappa shape index (κ1) is 22.0. The zero-order valence-electron chi connectivity index (χ0n) is 18.7. The first-order valence-electron chi connectivity index (χ1n) is 11.5. The van der Waals surface area contributed by atoms with Gasteiger partial charge in [0.1, 0.15) is 5.82 Å². The van der Waals surface area contributed by atoms with Crippen LogP contribution in [-0.2, 0) is 0 Å². The number of hydrogen-bond acceptors (Lipinski definition) is 4. The van der Waals surface area contributed by atoms with E-state index < -0.39 is 0 Å². The summed E-state index contributed by atoms with van der Waals surface area (Å²) in [6.07, 6.45) is 2.24. The van der Waals surface area contributed by atoms with Crippen LogP contribution in [0.2, 0.25) is 0 Å². The zero-order chi connectivity index (χ0) is 22.8. The minimum Gasteiger partial charge on any atom is -0.336 e. The largest absolute Gasteiger partial charge is 0.336 e. The number of anilines is 1. The van der Waals surface area contributed by atoms with Gasteiger partial charge in [0.2, 0.25) is 0 Å². The number of benzene rings is 2. The van der Waals surface area contributed by atoms with Crippen LogP contribution in [0.5, 0.6) is 0 Å². The molecule has 0 spiro atoms. The van der Waals surface area contributed by atoms with Gasteiger partial charge in [0, 0.05) is 46.5 Å². The minimum absolute atomic E-state index is 0.148. The number of carbonyl (C=O) groups is 1. The molecule has 3 fully saturated rings. The van der Waals surface area contributed by atoms with Crippen LogP contribution in [0.15, 0.2) is 65.1 Å². The van der Waals surface area contributed by atoms with E-state index in [2.05, 4.69) is 43.6 Å². The maximum atomic E-state index is 12.3. The van der Waals surface area contributed by atoms with Gasteiger partial charge in [-0.3, -0.25) is 4.90 Å². The maximum absolute atomic E-state index is 12.3. The molecule has 2 amide bonds. The van der Waals surface area contributed by atoms with Gasteiger partial charge in [-0.05, 0) is 56.5 Å². The number of hydrogen-bond donors (Lipinski definition) is 2. The first-order valence-corrected chi connectivity index (χ1v) is 12.3. The molecular weight excluding hydrogens is 478 g/mol. The Kier molecular flexibility index (Phi) is 6.42. The fourth-order valence-corrected chi connectivity index (χ4v) is 5.67. The molecule has 0 saturated carbocycles. The lowest BCUT2D eigenvalue weighted by molar-refractivity contribution is 0.0307. The summed E-state index contributed by atoms with van der Waals surface area (Å²) in [6.45, 7) is 4.69. The van der Waals surface area contributed by atoms with Crippen LogP contribution in [0.1, 0.15) is 30.3 Å². The summed E-state index contributed by atoms with van der Waals surface area (Å²) in [7, 11) is 0. The third-order valence-electron chi connectivity index (χ3n) is 6.80. The van der Waals surface area contributed by atoms with Crippen LogP contribution in [0.25, 0.3) is 11.3 Å². The van der Waals surface area contributed by atoms with Crippen LogP contribution in [-0.4, -0.2) is 46.6 Å². The van der Waals surface area contributed by atoms with Crippen molar-refractivity contribution >= 4 is 27.6 Å². The average molecular weight is 506 g/mol. The molecule has 4 heterocycles. The molecule has 6 nitrogen and oxygen atoms in total. The number of carbonyl (C=O) groups excluding carboxylic acids is 1. The number of urea groups is 1. The zero-order valence-corrected chi connectivity index (χ0v) is 20.3. The van der Waals surface area contributed by atoms with E-state index in [0.717, 1.165) is 52.4 Å². The van der Waals surface area contributed by atoms with Crippen molar-refractivity contribution in [3.05, 3.63) is 76.7 Å². The highest BCUT2D eigenvalue weighted by molar-refractivity contribution is 9.10. The summed E-state index contributed by atoms with van der Waals surface area (Å²) < 4.78 is 1.04. The molecule has 3 aliphatic heterocycles. The number of para-hydroxylation sites is 1. The monoisotopic (exact) mass is 505 g/mol. The Balaban J connectivity index is 1.25. The van der Waals surface area contributed by atoms with E-state index in [4.69, 9.17) is 9.97 Å². The molecule has 4 atom stereocenters. The third kappa shape index (κ3) is 4.94. The minimum atomic E-state index is -0.148. The van der Waals surface area contributed by atoms with Crippen LogP contribution >= 0.6 is 15.9 Å². The van der Waals surface area contributed by atoms with Crippen LogP contribution in [0.3, 0.4) is 0 Å². The van der Waals surface area contributed by atoms with Crippen LogP contribution in [0.4, 0.5) is 10.5 Å². The van der Waals surface area contributed by atoms with Crippen molar-refractivity contribution in [2.24, 2.45) is 5.92 Å². The smallest absolute Gasteiger partial charge is 0.319 e. The molecule has 3 saturated heterocycles. The SMILES string of the molecule is Cc1nc(-c2ccccc2Br)cc([C@@H]2CN3CC[C@H]2C[C@@H]3CNC(=O)Nc2ccccc2)n1. The highest BCUT2D eigenvalue weighted by Gasteiger charge is 2.41. The number of piperidine rings is 3. The fourth-order valence-electron chi connectivity index (χ4n) is 5.18.